The van der Waals surface area contributed by atoms with Crippen molar-refractivity contribution in [2.24, 2.45) is 0 Å². The maximum atomic E-state index is 16.6. The van der Waals surface area contributed by atoms with E-state index in [0.717, 1.165) is 19.4 Å². The predicted octanol–water partition coefficient (Wildman–Crippen LogP) is 5.67. The van der Waals surface area contributed by atoms with Crippen molar-refractivity contribution < 1.29 is 27.8 Å². The molecular weight excluding hydrogens is 611 g/mol. The second-order valence-electron chi connectivity index (χ2n) is 11.0. The molecule has 0 radical (unpaired) electrons. The fourth-order valence-electron chi connectivity index (χ4n) is 6.26. The van der Waals surface area contributed by atoms with Gasteiger partial charge >= 0.3 is 12.1 Å². The van der Waals surface area contributed by atoms with Gasteiger partial charge in [0.05, 0.1) is 28.9 Å². The Morgan fingerprint density at radius 2 is 2.00 bits per heavy atom. The summed E-state index contributed by atoms with van der Waals surface area (Å²) in [6.07, 6.45) is 1.93. The molecule has 1 amide bonds. The minimum atomic E-state index is -1.14. The highest BCUT2D eigenvalue weighted by atomic mass is 35.5. The van der Waals surface area contributed by atoms with Crippen LogP contribution in [0.2, 0.25) is 5.02 Å². The minimum absolute atomic E-state index is 0.0452. The van der Waals surface area contributed by atoms with Crippen LogP contribution in [0.1, 0.15) is 19.3 Å². The normalized spacial score (nSPS) is 18.9. The molecule has 0 aliphatic carbocycles. The number of likely N-dealkylation sites (tertiary alicyclic amines) is 1. The van der Waals surface area contributed by atoms with E-state index in [1.807, 2.05) is 11.0 Å². The number of anilines is 1. The first-order chi connectivity index (χ1) is 21.8. The number of carbonyl (C=O) groups is 1. The number of rotatable bonds is 8. The maximum absolute atomic E-state index is 16.6. The summed E-state index contributed by atoms with van der Waals surface area (Å²) in [5.74, 6) is -1.18. The Kier molecular flexibility index (Phi) is 8.78. The second-order valence-corrected chi connectivity index (χ2v) is 11.4. The largest absolute Gasteiger partial charge is 0.465 e. The first-order valence-electron chi connectivity index (χ1n) is 14.6. The molecule has 0 spiro atoms. The van der Waals surface area contributed by atoms with Crippen LogP contribution in [-0.4, -0.2) is 94.0 Å². The fraction of sp³-hybridized carbons (Fsp3) is 0.387. The van der Waals surface area contributed by atoms with Crippen molar-refractivity contribution >= 4 is 45.2 Å². The number of benzene rings is 2. The molecule has 2 saturated heterocycles. The molecule has 14 heteroatoms. The van der Waals surface area contributed by atoms with E-state index in [-0.39, 0.29) is 84.3 Å². The Hall–Kier alpha value is -4.41. The van der Waals surface area contributed by atoms with Crippen LogP contribution >= 0.6 is 11.6 Å². The van der Waals surface area contributed by atoms with E-state index in [1.54, 1.807) is 29.2 Å². The van der Waals surface area contributed by atoms with Crippen LogP contribution in [0.25, 0.3) is 32.9 Å². The third kappa shape index (κ3) is 5.87. The molecule has 2 aliphatic rings. The number of hydrogen-bond donors (Lipinski definition) is 1. The average molecular weight is 640 g/mol. The Balaban J connectivity index is 1.46. The Morgan fingerprint density at radius 3 is 2.78 bits per heavy atom. The molecule has 4 heterocycles. The smallest absolute Gasteiger partial charge is 0.407 e. The van der Waals surface area contributed by atoms with Gasteiger partial charge in [-0.2, -0.15) is 15.2 Å². The van der Waals surface area contributed by atoms with Crippen molar-refractivity contribution in [2.75, 3.05) is 50.9 Å². The summed E-state index contributed by atoms with van der Waals surface area (Å²) in [6.45, 7) is 1.14. The number of halogens is 4. The highest BCUT2D eigenvalue weighted by molar-refractivity contribution is 6.36. The van der Waals surface area contributed by atoms with Crippen LogP contribution in [-0.2, 0) is 0 Å². The van der Waals surface area contributed by atoms with Gasteiger partial charge < -0.3 is 19.6 Å². The Labute approximate surface area is 261 Å². The number of pyridine rings is 1. The molecule has 45 heavy (non-hydrogen) atoms. The summed E-state index contributed by atoms with van der Waals surface area (Å²) in [6, 6.07) is 9.04. The zero-order valence-electron chi connectivity index (χ0n) is 24.1. The van der Waals surface area contributed by atoms with E-state index in [0.29, 0.717) is 10.8 Å². The van der Waals surface area contributed by atoms with E-state index in [2.05, 4.69) is 15.0 Å². The van der Waals surface area contributed by atoms with Gasteiger partial charge in [-0.05, 0) is 30.8 Å². The van der Waals surface area contributed by atoms with E-state index in [4.69, 9.17) is 16.3 Å². The van der Waals surface area contributed by atoms with Crippen LogP contribution in [0.5, 0.6) is 6.01 Å². The highest BCUT2D eigenvalue weighted by Gasteiger charge is 2.33. The SMILES string of the molecule is N#CCC1CN(c2nc(OCC3CCCN3CCF)nc3c(F)c(-c4cccc5ccc(F)c(Cl)c45)ncc23)CCN1C(=O)O. The molecule has 10 nitrogen and oxygen atoms in total. The number of hydrogen-bond acceptors (Lipinski definition) is 8. The van der Waals surface area contributed by atoms with Crippen LogP contribution in [0.15, 0.2) is 36.5 Å². The lowest BCUT2D eigenvalue weighted by Gasteiger charge is -2.39. The zero-order chi connectivity index (χ0) is 31.7. The lowest BCUT2D eigenvalue weighted by atomic mass is 10.0. The van der Waals surface area contributed by atoms with Crippen molar-refractivity contribution in [3.05, 3.63) is 53.2 Å². The van der Waals surface area contributed by atoms with Gasteiger partial charge in [0, 0.05) is 49.4 Å². The standard InChI is InChI=1S/C31H29ClF3N7O3/c32-25-23(34)7-6-18-3-1-5-21(24(18)25)27-26(35)28-22(15-37-27)29(41-13-14-42(31(43)44)19(16-41)8-10-36)39-30(38-28)45-17-20-4-2-11-40(20)12-9-33/h1,3,5-7,15,19-20H,2,4,8-9,11-14,16-17H2,(H,43,44). The number of fused-ring (bicyclic) bond motifs is 2. The molecule has 2 aromatic carbocycles. The van der Waals surface area contributed by atoms with E-state index in [1.165, 1.54) is 17.2 Å². The molecule has 234 valence electrons. The third-order valence-corrected chi connectivity index (χ3v) is 8.83. The second kappa shape index (κ2) is 12.9. The molecule has 1 N–H and O–H groups in total. The molecular formula is C31H29ClF3N7O3. The third-order valence-electron chi connectivity index (χ3n) is 8.46. The van der Waals surface area contributed by atoms with Crippen molar-refractivity contribution in [3.8, 4) is 23.3 Å². The van der Waals surface area contributed by atoms with Gasteiger partial charge in [-0.25, -0.2) is 18.0 Å². The lowest BCUT2D eigenvalue weighted by Crippen LogP contribution is -2.55. The molecule has 2 unspecified atom stereocenters. The number of carboxylic acid groups (broad SMARTS) is 1. The van der Waals surface area contributed by atoms with E-state index >= 15 is 4.39 Å². The van der Waals surface area contributed by atoms with E-state index < -0.39 is 30.4 Å². The minimum Gasteiger partial charge on any atom is -0.465 e. The molecule has 0 bridgehead atoms. The van der Waals surface area contributed by atoms with Crippen LogP contribution < -0.4 is 9.64 Å². The molecule has 2 aliphatic heterocycles. The summed E-state index contributed by atoms with van der Waals surface area (Å²) in [4.78, 5) is 30.3. The summed E-state index contributed by atoms with van der Waals surface area (Å²) < 4.78 is 50.2. The van der Waals surface area contributed by atoms with Gasteiger partial charge in [-0.3, -0.25) is 9.88 Å². The molecule has 0 saturated carbocycles. The monoisotopic (exact) mass is 639 g/mol. The first-order valence-corrected chi connectivity index (χ1v) is 15.0. The summed E-state index contributed by atoms with van der Waals surface area (Å²) in [5.41, 5.74) is 0.0734. The summed E-state index contributed by atoms with van der Waals surface area (Å²) in [5, 5.41) is 20.0. The van der Waals surface area contributed by atoms with Gasteiger partial charge in [0.25, 0.3) is 0 Å². The number of aromatic nitrogens is 3. The van der Waals surface area contributed by atoms with Gasteiger partial charge in [0.2, 0.25) is 0 Å². The number of piperazine rings is 1. The number of alkyl halides is 1. The molecule has 2 aromatic heterocycles. The first kappa shape index (κ1) is 30.6. The highest BCUT2D eigenvalue weighted by Crippen LogP contribution is 2.38. The number of amides is 1. The fourth-order valence-corrected chi connectivity index (χ4v) is 6.53. The van der Waals surface area contributed by atoms with Gasteiger partial charge in [-0.15, -0.1) is 0 Å². The van der Waals surface area contributed by atoms with Crippen LogP contribution in [0.4, 0.5) is 23.8 Å². The average Bonchev–Trinajstić information content (AvgIpc) is 3.49. The van der Waals surface area contributed by atoms with Crippen molar-refractivity contribution in [3.63, 3.8) is 0 Å². The molecule has 4 aromatic rings. The van der Waals surface area contributed by atoms with Gasteiger partial charge in [0.1, 0.15) is 36.1 Å². The van der Waals surface area contributed by atoms with Crippen molar-refractivity contribution in [1.29, 1.82) is 5.26 Å². The van der Waals surface area contributed by atoms with Crippen molar-refractivity contribution in [1.82, 2.24) is 24.8 Å². The Bertz CT molecular complexity index is 1810. The zero-order valence-corrected chi connectivity index (χ0v) is 24.9. The predicted molar refractivity (Wildman–Crippen MR) is 162 cm³/mol. The van der Waals surface area contributed by atoms with Crippen LogP contribution in [0.3, 0.4) is 0 Å². The molecule has 6 rings (SSSR count). The quantitative estimate of drug-likeness (QED) is 0.260. The maximum Gasteiger partial charge on any atom is 0.407 e. The number of ether oxygens (including phenoxy) is 1. The van der Waals surface area contributed by atoms with E-state index in [9.17, 15) is 23.9 Å². The molecule has 2 atom stereocenters. The van der Waals surface area contributed by atoms with Gasteiger partial charge in [0.15, 0.2) is 5.82 Å². The van der Waals surface area contributed by atoms with Crippen molar-refractivity contribution in [2.45, 2.75) is 31.3 Å². The molecule has 2 fully saturated rings. The Morgan fingerprint density at radius 1 is 1.16 bits per heavy atom. The van der Waals surface area contributed by atoms with Gasteiger partial charge in [-0.1, -0.05) is 35.9 Å². The lowest BCUT2D eigenvalue weighted by molar-refractivity contribution is 0.119. The summed E-state index contributed by atoms with van der Waals surface area (Å²) >= 11 is 6.34. The topological polar surface area (TPSA) is 119 Å². The van der Waals surface area contributed by atoms with Crippen LogP contribution in [0, 0.1) is 23.0 Å². The number of nitriles is 1. The number of nitrogens with zero attached hydrogens (tertiary/aromatic N) is 7. The summed E-state index contributed by atoms with van der Waals surface area (Å²) in [7, 11) is 0.